The van der Waals surface area contributed by atoms with Gasteiger partial charge in [0, 0.05) is 25.4 Å². The maximum atomic E-state index is 11.5. The van der Waals surface area contributed by atoms with Gasteiger partial charge in [0.2, 0.25) is 0 Å². The molecule has 2 aromatic rings. The number of rotatable bonds is 4. The Morgan fingerprint density at radius 1 is 1.65 bits per heavy atom. The Morgan fingerprint density at radius 3 is 3.12 bits per heavy atom. The number of hydrogen-bond acceptors (Lipinski definition) is 5. The van der Waals surface area contributed by atoms with Gasteiger partial charge in [0.05, 0.1) is 16.9 Å². The number of carbonyl (C=O) groups excluding carboxylic acids is 1. The maximum absolute atomic E-state index is 11.5. The Labute approximate surface area is 102 Å². The van der Waals surface area contributed by atoms with Crippen LogP contribution in [0.3, 0.4) is 0 Å². The summed E-state index contributed by atoms with van der Waals surface area (Å²) >= 11 is 1.34. The molecule has 90 valence electrons. The van der Waals surface area contributed by atoms with E-state index < -0.39 is 0 Å². The van der Waals surface area contributed by atoms with E-state index in [9.17, 15) is 4.79 Å². The van der Waals surface area contributed by atoms with Crippen LogP contribution in [0.25, 0.3) is 0 Å². The zero-order valence-corrected chi connectivity index (χ0v) is 10.1. The molecule has 0 bridgehead atoms. The first-order chi connectivity index (χ1) is 8.20. The first-order valence-electron chi connectivity index (χ1n) is 5.03. The first kappa shape index (κ1) is 11.5. The van der Waals surface area contributed by atoms with E-state index in [1.807, 2.05) is 6.20 Å². The average Bonchev–Trinajstić information content (AvgIpc) is 2.94. The minimum Gasteiger partial charge on any atom is -0.397 e. The number of carbonyl (C=O) groups is 1. The smallest absolute Gasteiger partial charge is 0.263 e. The predicted octanol–water partition coefficient (Wildman–Crippen LogP) is 1.03. The predicted molar refractivity (Wildman–Crippen MR) is 68.0 cm³/mol. The topological polar surface area (TPSA) is 95.8 Å². The molecule has 0 aromatic carbocycles. The van der Waals surface area contributed by atoms with Crippen molar-refractivity contribution < 1.29 is 4.79 Å². The minimum atomic E-state index is -0.163. The molecular weight excluding hydrogens is 238 g/mol. The summed E-state index contributed by atoms with van der Waals surface area (Å²) in [6.07, 6.45) is 3.55. The van der Waals surface area contributed by atoms with E-state index in [-0.39, 0.29) is 5.91 Å². The Hall–Kier alpha value is -2.02. The van der Waals surface area contributed by atoms with Crippen molar-refractivity contribution in [2.24, 2.45) is 0 Å². The van der Waals surface area contributed by atoms with Gasteiger partial charge in [-0.3, -0.25) is 9.89 Å². The van der Waals surface area contributed by atoms with Crippen LogP contribution in [-0.4, -0.2) is 23.2 Å². The summed E-state index contributed by atoms with van der Waals surface area (Å²) in [6.45, 7) is 0.642. The normalized spacial score (nSPS) is 10.2. The molecule has 2 rings (SSSR count). The van der Waals surface area contributed by atoms with Crippen LogP contribution in [0.2, 0.25) is 0 Å². The second-order valence-electron chi connectivity index (χ2n) is 3.43. The van der Waals surface area contributed by atoms with Crippen LogP contribution in [0.1, 0.15) is 15.2 Å². The number of thiophene rings is 1. The third-order valence-corrected chi connectivity index (χ3v) is 3.32. The third kappa shape index (κ3) is 2.56. The van der Waals surface area contributed by atoms with Gasteiger partial charge in [-0.25, -0.2) is 0 Å². The molecule has 2 heterocycles. The highest BCUT2D eigenvalue weighted by Gasteiger charge is 2.12. The van der Waals surface area contributed by atoms with Crippen molar-refractivity contribution >= 4 is 27.9 Å². The fourth-order valence-electron chi connectivity index (χ4n) is 1.35. The fraction of sp³-hybridized carbons (Fsp3) is 0.200. The van der Waals surface area contributed by atoms with Crippen LogP contribution in [-0.2, 0) is 6.54 Å². The number of aromatic nitrogens is 2. The number of nitrogen functional groups attached to an aromatic ring is 1. The molecule has 0 fully saturated rings. The van der Waals surface area contributed by atoms with Crippen molar-refractivity contribution in [3.05, 3.63) is 28.9 Å². The van der Waals surface area contributed by atoms with Gasteiger partial charge in [-0.2, -0.15) is 5.10 Å². The number of nitrogens with zero attached hydrogens (tertiary/aromatic N) is 1. The summed E-state index contributed by atoms with van der Waals surface area (Å²) in [7, 11) is 1.58. The summed E-state index contributed by atoms with van der Waals surface area (Å²) in [5.74, 6) is -0.163. The van der Waals surface area contributed by atoms with Crippen molar-refractivity contribution in [1.29, 1.82) is 0 Å². The monoisotopic (exact) mass is 251 g/mol. The molecule has 0 radical (unpaired) electrons. The lowest BCUT2D eigenvalue weighted by molar-refractivity contribution is 0.0968. The van der Waals surface area contributed by atoms with Gasteiger partial charge in [-0.1, -0.05) is 0 Å². The zero-order valence-electron chi connectivity index (χ0n) is 9.28. The average molecular weight is 251 g/mol. The Bertz CT molecular complexity index is 505. The Kier molecular flexibility index (Phi) is 3.29. The number of hydrogen-bond donors (Lipinski definition) is 4. The molecule has 0 spiro atoms. The Balaban J connectivity index is 2.05. The summed E-state index contributed by atoms with van der Waals surface area (Å²) in [5, 5.41) is 13.2. The molecule has 0 aliphatic carbocycles. The molecule has 1 amide bonds. The highest BCUT2D eigenvalue weighted by molar-refractivity contribution is 7.18. The van der Waals surface area contributed by atoms with E-state index in [2.05, 4.69) is 20.8 Å². The molecule has 17 heavy (non-hydrogen) atoms. The lowest BCUT2D eigenvalue weighted by Gasteiger charge is -1.99. The summed E-state index contributed by atoms with van der Waals surface area (Å²) < 4.78 is 0. The second-order valence-corrected chi connectivity index (χ2v) is 4.49. The molecule has 0 saturated heterocycles. The lowest BCUT2D eigenvalue weighted by atomic mass is 10.3. The molecule has 6 nitrogen and oxygen atoms in total. The van der Waals surface area contributed by atoms with Crippen LogP contribution < -0.4 is 16.4 Å². The van der Waals surface area contributed by atoms with Gasteiger partial charge in [0.25, 0.3) is 5.91 Å². The highest BCUT2D eigenvalue weighted by Crippen LogP contribution is 2.29. The van der Waals surface area contributed by atoms with E-state index in [1.54, 1.807) is 19.3 Å². The van der Waals surface area contributed by atoms with Gasteiger partial charge in [-0.05, 0) is 6.07 Å². The van der Waals surface area contributed by atoms with Crippen molar-refractivity contribution in [3.63, 3.8) is 0 Å². The van der Waals surface area contributed by atoms with Gasteiger partial charge in [0.15, 0.2) is 0 Å². The van der Waals surface area contributed by atoms with E-state index in [4.69, 9.17) is 5.73 Å². The third-order valence-electron chi connectivity index (χ3n) is 2.22. The van der Waals surface area contributed by atoms with Crippen LogP contribution >= 0.6 is 11.3 Å². The summed E-state index contributed by atoms with van der Waals surface area (Å²) in [4.78, 5) is 12.0. The highest BCUT2D eigenvalue weighted by atomic mass is 32.1. The largest absolute Gasteiger partial charge is 0.397 e. The number of nitrogens with one attached hydrogen (secondary N) is 3. The van der Waals surface area contributed by atoms with E-state index in [0.717, 1.165) is 10.6 Å². The maximum Gasteiger partial charge on any atom is 0.263 e. The van der Waals surface area contributed by atoms with Crippen molar-refractivity contribution in [1.82, 2.24) is 15.5 Å². The summed E-state index contributed by atoms with van der Waals surface area (Å²) in [5.41, 5.74) is 7.29. The van der Waals surface area contributed by atoms with E-state index >= 15 is 0 Å². The molecule has 0 saturated carbocycles. The van der Waals surface area contributed by atoms with E-state index in [0.29, 0.717) is 17.1 Å². The standard InChI is InChI=1S/C10H13N5OS/c1-12-10(16)9-7(11)2-8(17-9)13-3-6-4-14-15-5-6/h2,4-5,13H,3,11H2,1H3,(H,12,16)(H,14,15). The number of H-pyrrole nitrogens is 1. The number of aromatic amines is 1. The SMILES string of the molecule is CNC(=O)c1sc(NCc2cn[nH]c2)cc1N. The molecule has 7 heteroatoms. The van der Waals surface area contributed by atoms with Crippen molar-refractivity contribution in [2.75, 3.05) is 18.1 Å². The fourth-order valence-corrected chi connectivity index (χ4v) is 2.27. The first-order valence-corrected chi connectivity index (χ1v) is 5.85. The second kappa shape index (κ2) is 4.88. The Morgan fingerprint density at radius 2 is 2.47 bits per heavy atom. The van der Waals surface area contributed by atoms with Crippen LogP contribution in [0.4, 0.5) is 10.7 Å². The number of amides is 1. The lowest BCUT2D eigenvalue weighted by Crippen LogP contribution is -2.17. The molecule has 5 N–H and O–H groups in total. The molecule has 0 aliphatic rings. The van der Waals surface area contributed by atoms with Crippen molar-refractivity contribution in [2.45, 2.75) is 6.54 Å². The minimum absolute atomic E-state index is 0.163. The van der Waals surface area contributed by atoms with Gasteiger partial charge in [-0.15, -0.1) is 11.3 Å². The zero-order chi connectivity index (χ0) is 12.3. The van der Waals surface area contributed by atoms with Crippen molar-refractivity contribution in [3.8, 4) is 0 Å². The molecular formula is C10H13N5OS. The van der Waals surface area contributed by atoms with Crippen LogP contribution in [0.5, 0.6) is 0 Å². The number of nitrogens with two attached hydrogens (primary N) is 1. The van der Waals surface area contributed by atoms with Crippen LogP contribution in [0, 0.1) is 0 Å². The summed E-state index contributed by atoms with van der Waals surface area (Å²) in [6, 6.07) is 1.76. The van der Waals surface area contributed by atoms with Gasteiger partial charge >= 0.3 is 0 Å². The number of anilines is 2. The quantitative estimate of drug-likeness (QED) is 0.652. The molecule has 2 aromatic heterocycles. The molecule has 0 aliphatic heterocycles. The molecule has 0 unspecified atom stereocenters. The van der Waals surface area contributed by atoms with E-state index in [1.165, 1.54) is 11.3 Å². The molecule has 0 atom stereocenters. The van der Waals surface area contributed by atoms with Gasteiger partial charge in [0.1, 0.15) is 4.88 Å². The van der Waals surface area contributed by atoms with Gasteiger partial charge < -0.3 is 16.4 Å². The van der Waals surface area contributed by atoms with Crippen LogP contribution in [0.15, 0.2) is 18.5 Å².